The molecule has 80 valence electrons. The molecule has 0 aliphatic heterocycles. The van der Waals surface area contributed by atoms with E-state index in [4.69, 9.17) is 0 Å². The minimum absolute atomic E-state index is 0.0365. The second-order valence-electron chi connectivity index (χ2n) is 3.65. The van der Waals surface area contributed by atoms with Crippen LogP contribution in [0.25, 0.3) is 6.08 Å². The SMILES string of the molecule is C=Cc1ccc([I+]c2ccc(C)cc2)cc1. The molecular formula is C15H14I+. The van der Waals surface area contributed by atoms with Crippen molar-refractivity contribution in [1.82, 2.24) is 0 Å². The summed E-state index contributed by atoms with van der Waals surface area (Å²) < 4.78 is 2.92. The maximum absolute atomic E-state index is 3.76. The van der Waals surface area contributed by atoms with Gasteiger partial charge in [-0.15, -0.1) is 0 Å². The molecular weight excluding hydrogens is 307 g/mol. The van der Waals surface area contributed by atoms with Gasteiger partial charge in [-0.25, -0.2) is 0 Å². The Morgan fingerprint density at radius 2 is 1.38 bits per heavy atom. The second kappa shape index (κ2) is 5.30. The van der Waals surface area contributed by atoms with Crippen molar-refractivity contribution < 1.29 is 21.2 Å². The highest BCUT2D eigenvalue weighted by Gasteiger charge is 2.14. The van der Waals surface area contributed by atoms with Crippen molar-refractivity contribution in [1.29, 1.82) is 0 Å². The van der Waals surface area contributed by atoms with Gasteiger partial charge in [0.05, 0.1) is 0 Å². The standard InChI is InChI=1S/C15H14I/c1-3-13-6-10-15(11-7-13)16-14-8-4-12(2)5-9-14/h3-11H,1H2,2H3/q+1. The average Bonchev–Trinajstić information content (AvgIpc) is 2.33. The quantitative estimate of drug-likeness (QED) is 0.733. The number of hydrogen-bond donors (Lipinski definition) is 0. The van der Waals surface area contributed by atoms with Crippen molar-refractivity contribution in [2.24, 2.45) is 0 Å². The Balaban J connectivity index is 2.14. The van der Waals surface area contributed by atoms with Crippen LogP contribution in [0.2, 0.25) is 0 Å². The normalized spacial score (nSPS) is 10.1. The number of benzene rings is 2. The molecule has 2 aromatic rings. The third-order valence-corrected chi connectivity index (χ3v) is 5.02. The lowest BCUT2D eigenvalue weighted by Crippen LogP contribution is -3.61. The highest BCUT2D eigenvalue weighted by Crippen LogP contribution is 1.98. The summed E-state index contributed by atoms with van der Waals surface area (Å²) in [5, 5.41) is 0. The van der Waals surface area contributed by atoms with Crippen molar-refractivity contribution in [3.05, 3.63) is 73.4 Å². The maximum Gasteiger partial charge on any atom is 0.357 e. The Kier molecular flexibility index (Phi) is 3.78. The van der Waals surface area contributed by atoms with E-state index in [1.54, 1.807) is 0 Å². The summed E-state index contributed by atoms with van der Waals surface area (Å²) in [6.45, 7) is 5.89. The molecule has 0 aliphatic carbocycles. The fraction of sp³-hybridized carbons (Fsp3) is 0.0667. The van der Waals surface area contributed by atoms with Crippen LogP contribution in [0, 0.1) is 14.1 Å². The minimum atomic E-state index is -0.0365. The van der Waals surface area contributed by atoms with Gasteiger partial charge in [0.15, 0.2) is 7.14 Å². The zero-order valence-corrected chi connectivity index (χ0v) is 11.4. The molecule has 2 aromatic carbocycles. The number of rotatable bonds is 3. The van der Waals surface area contributed by atoms with E-state index in [0.29, 0.717) is 0 Å². The zero-order valence-electron chi connectivity index (χ0n) is 9.28. The molecule has 0 heterocycles. The van der Waals surface area contributed by atoms with E-state index in [9.17, 15) is 0 Å². The molecule has 0 aromatic heterocycles. The summed E-state index contributed by atoms with van der Waals surface area (Å²) >= 11 is -0.0365. The van der Waals surface area contributed by atoms with Gasteiger partial charge in [0.2, 0.25) is 0 Å². The fourth-order valence-electron chi connectivity index (χ4n) is 1.38. The first kappa shape index (κ1) is 11.4. The van der Waals surface area contributed by atoms with Crippen LogP contribution in [0.1, 0.15) is 11.1 Å². The van der Waals surface area contributed by atoms with E-state index in [0.717, 1.165) is 0 Å². The van der Waals surface area contributed by atoms with Gasteiger partial charge in [-0.3, -0.25) is 0 Å². The molecule has 0 aliphatic rings. The van der Waals surface area contributed by atoms with Crippen LogP contribution in [0.3, 0.4) is 0 Å². The third kappa shape index (κ3) is 2.95. The molecule has 0 fully saturated rings. The van der Waals surface area contributed by atoms with Crippen molar-refractivity contribution >= 4 is 6.08 Å². The van der Waals surface area contributed by atoms with E-state index in [-0.39, 0.29) is 21.2 Å². The summed E-state index contributed by atoms with van der Waals surface area (Å²) in [5.41, 5.74) is 2.52. The molecule has 0 bridgehead atoms. The van der Waals surface area contributed by atoms with E-state index >= 15 is 0 Å². The van der Waals surface area contributed by atoms with Crippen LogP contribution in [0.4, 0.5) is 0 Å². The third-order valence-electron chi connectivity index (χ3n) is 2.33. The molecule has 0 amide bonds. The van der Waals surface area contributed by atoms with Crippen molar-refractivity contribution in [2.45, 2.75) is 6.92 Å². The highest BCUT2D eigenvalue weighted by molar-refractivity contribution is 5.45. The first-order valence-electron chi connectivity index (χ1n) is 5.22. The average molecular weight is 321 g/mol. The smallest absolute Gasteiger partial charge is 0.0985 e. The van der Waals surface area contributed by atoms with Gasteiger partial charge in [0.1, 0.15) is 0 Å². The number of aryl methyl sites for hydroxylation is 1. The van der Waals surface area contributed by atoms with Gasteiger partial charge < -0.3 is 0 Å². The van der Waals surface area contributed by atoms with Gasteiger partial charge in [-0.05, 0) is 36.8 Å². The van der Waals surface area contributed by atoms with E-state index in [1.807, 2.05) is 6.08 Å². The summed E-state index contributed by atoms with van der Waals surface area (Å²) in [7, 11) is 0. The number of halogens is 1. The van der Waals surface area contributed by atoms with Gasteiger partial charge in [0.25, 0.3) is 0 Å². The Hall–Kier alpha value is -1.09. The Morgan fingerprint density at radius 1 is 0.875 bits per heavy atom. The predicted octanol–water partition coefficient (Wildman–Crippen LogP) is 0.766. The molecule has 2 rings (SSSR count). The minimum Gasteiger partial charge on any atom is -0.0985 e. The second-order valence-corrected chi connectivity index (χ2v) is 6.68. The molecule has 0 N–H and O–H groups in total. The molecule has 0 saturated carbocycles. The van der Waals surface area contributed by atoms with Gasteiger partial charge in [-0.2, -0.15) is 0 Å². The Labute approximate surface area is 107 Å². The number of hydrogen-bond acceptors (Lipinski definition) is 0. The predicted molar refractivity (Wildman–Crippen MR) is 65.1 cm³/mol. The van der Waals surface area contributed by atoms with Crippen LogP contribution < -0.4 is 21.2 Å². The molecule has 0 unspecified atom stereocenters. The molecule has 0 saturated heterocycles. The van der Waals surface area contributed by atoms with Gasteiger partial charge >= 0.3 is 21.2 Å². The summed E-state index contributed by atoms with van der Waals surface area (Å²) in [4.78, 5) is 0. The largest absolute Gasteiger partial charge is 0.357 e. The van der Waals surface area contributed by atoms with E-state index in [2.05, 4.69) is 62.0 Å². The van der Waals surface area contributed by atoms with Crippen LogP contribution >= 0.6 is 0 Å². The molecule has 0 radical (unpaired) electrons. The first-order valence-corrected chi connectivity index (χ1v) is 7.38. The van der Waals surface area contributed by atoms with E-state index in [1.165, 1.54) is 18.3 Å². The van der Waals surface area contributed by atoms with Crippen molar-refractivity contribution in [2.75, 3.05) is 0 Å². The first-order chi connectivity index (χ1) is 7.78. The lowest BCUT2D eigenvalue weighted by Gasteiger charge is -1.91. The van der Waals surface area contributed by atoms with Crippen molar-refractivity contribution in [3.8, 4) is 0 Å². The lowest BCUT2D eigenvalue weighted by molar-refractivity contribution is -0.597. The zero-order chi connectivity index (χ0) is 11.4. The molecule has 0 spiro atoms. The fourth-order valence-corrected chi connectivity index (χ4v) is 3.54. The Morgan fingerprint density at radius 3 is 1.88 bits per heavy atom. The van der Waals surface area contributed by atoms with Crippen LogP contribution in [-0.2, 0) is 0 Å². The van der Waals surface area contributed by atoms with Crippen LogP contribution in [0.5, 0.6) is 0 Å². The van der Waals surface area contributed by atoms with Crippen molar-refractivity contribution in [3.63, 3.8) is 0 Å². The molecule has 16 heavy (non-hydrogen) atoms. The molecule has 0 atom stereocenters. The Bertz CT molecular complexity index is 466. The van der Waals surface area contributed by atoms with Gasteiger partial charge in [-0.1, -0.05) is 42.5 Å². The topological polar surface area (TPSA) is 0 Å². The lowest BCUT2D eigenvalue weighted by atomic mass is 10.2. The highest BCUT2D eigenvalue weighted by atomic mass is 127. The summed E-state index contributed by atoms with van der Waals surface area (Å²) in [5.74, 6) is 0. The van der Waals surface area contributed by atoms with Crippen LogP contribution in [0.15, 0.2) is 55.1 Å². The summed E-state index contributed by atoms with van der Waals surface area (Å²) in [6.07, 6.45) is 1.88. The van der Waals surface area contributed by atoms with Gasteiger partial charge in [0, 0.05) is 0 Å². The monoisotopic (exact) mass is 321 g/mol. The van der Waals surface area contributed by atoms with E-state index < -0.39 is 0 Å². The van der Waals surface area contributed by atoms with Crippen LogP contribution in [-0.4, -0.2) is 0 Å². The summed E-state index contributed by atoms with van der Waals surface area (Å²) in [6, 6.07) is 17.6. The maximum atomic E-state index is 3.76. The molecule has 1 heteroatoms. The molecule has 0 nitrogen and oxygen atoms in total.